The van der Waals surface area contributed by atoms with Gasteiger partial charge in [0.2, 0.25) is 6.79 Å². The van der Waals surface area contributed by atoms with E-state index in [1.165, 1.54) is 11.3 Å². The number of benzene rings is 2. The van der Waals surface area contributed by atoms with E-state index in [0.29, 0.717) is 17.4 Å². The van der Waals surface area contributed by atoms with Gasteiger partial charge < -0.3 is 14.4 Å². The highest BCUT2D eigenvalue weighted by Crippen LogP contribution is 2.39. The van der Waals surface area contributed by atoms with Crippen molar-refractivity contribution in [1.82, 2.24) is 9.88 Å². The maximum Gasteiger partial charge on any atom is 0.252 e. The molecule has 0 spiro atoms. The van der Waals surface area contributed by atoms with Crippen molar-refractivity contribution >= 4 is 38.7 Å². The van der Waals surface area contributed by atoms with Gasteiger partial charge in [0, 0.05) is 31.3 Å². The lowest BCUT2D eigenvalue weighted by Crippen LogP contribution is -2.38. The first-order valence-electron chi connectivity index (χ1n) is 10.1. The third-order valence-corrected chi connectivity index (χ3v) is 6.16. The zero-order chi connectivity index (χ0) is 20.9. The number of nitrogens with zero attached hydrogens (tertiary/aromatic N) is 3. The molecular formula is C23H25N3O3S. The van der Waals surface area contributed by atoms with Crippen LogP contribution in [0.1, 0.15) is 19.4 Å². The highest BCUT2D eigenvalue weighted by Gasteiger charge is 2.21. The summed E-state index contributed by atoms with van der Waals surface area (Å²) in [5, 5.41) is 0.684. The van der Waals surface area contributed by atoms with Gasteiger partial charge in [-0.25, -0.2) is 4.98 Å². The smallest absolute Gasteiger partial charge is 0.252 e. The van der Waals surface area contributed by atoms with Crippen LogP contribution in [0.2, 0.25) is 0 Å². The molecule has 0 N–H and O–H groups in total. The van der Waals surface area contributed by atoms with Crippen LogP contribution in [0.25, 0.3) is 16.3 Å². The fourth-order valence-corrected chi connectivity index (χ4v) is 4.33. The molecule has 1 aromatic heterocycles. The van der Waals surface area contributed by atoms with Gasteiger partial charge >= 0.3 is 0 Å². The molecule has 2 heterocycles. The summed E-state index contributed by atoms with van der Waals surface area (Å²) in [6, 6.07) is 13.6. The van der Waals surface area contributed by atoms with Crippen LogP contribution >= 0.6 is 11.3 Å². The predicted octanol–water partition coefficient (Wildman–Crippen LogP) is 4.41. The molecule has 0 saturated heterocycles. The third-order valence-electron chi connectivity index (χ3n) is 5.12. The highest BCUT2D eigenvalue weighted by molar-refractivity contribution is 7.22. The van der Waals surface area contributed by atoms with E-state index in [2.05, 4.69) is 18.7 Å². The quantitative estimate of drug-likeness (QED) is 0.502. The van der Waals surface area contributed by atoms with Crippen molar-refractivity contribution in [3.05, 3.63) is 54.1 Å². The summed E-state index contributed by atoms with van der Waals surface area (Å²) in [6.07, 6.45) is 3.46. The Labute approximate surface area is 180 Å². The van der Waals surface area contributed by atoms with Crippen molar-refractivity contribution in [3.63, 3.8) is 0 Å². The molecule has 0 atom stereocenters. The maximum atomic E-state index is 13.1. The van der Waals surface area contributed by atoms with Crippen LogP contribution in [0.15, 0.2) is 48.5 Å². The SMILES string of the molecule is CCN(CC)CCN(C(=O)/C=C/c1ccccc1)c1nc2cc3c(cc2s1)OCO3. The van der Waals surface area contributed by atoms with Crippen LogP contribution in [-0.2, 0) is 4.79 Å². The number of thiazole rings is 1. The molecule has 0 bridgehead atoms. The molecule has 3 aromatic rings. The van der Waals surface area contributed by atoms with Crippen LogP contribution in [0.4, 0.5) is 5.13 Å². The topological polar surface area (TPSA) is 54.9 Å². The zero-order valence-electron chi connectivity index (χ0n) is 17.2. The Hall–Kier alpha value is -2.90. The average Bonchev–Trinajstić information content (AvgIpc) is 3.40. The van der Waals surface area contributed by atoms with Crippen LogP contribution < -0.4 is 14.4 Å². The average molecular weight is 424 g/mol. The molecule has 156 valence electrons. The van der Waals surface area contributed by atoms with E-state index >= 15 is 0 Å². The molecule has 1 amide bonds. The number of hydrogen-bond donors (Lipinski definition) is 0. The number of rotatable bonds is 8. The molecule has 0 saturated carbocycles. The summed E-state index contributed by atoms with van der Waals surface area (Å²) >= 11 is 1.49. The van der Waals surface area contributed by atoms with E-state index in [1.807, 2.05) is 48.5 Å². The molecule has 0 unspecified atom stereocenters. The summed E-state index contributed by atoms with van der Waals surface area (Å²) in [4.78, 5) is 21.9. The third kappa shape index (κ3) is 4.47. The Bertz CT molecular complexity index is 1000. The number of amides is 1. The normalized spacial score (nSPS) is 12.9. The van der Waals surface area contributed by atoms with Crippen molar-refractivity contribution in [2.45, 2.75) is 13.8 Å². The molecule has 0 radical (unpaired) electrons. The molecule has 4 rings (SSSR count). The number of fused-ring (bicyclic) bond motifs is 2. The fraction of sp³-hybridized carbons (Fsp3) is 0.304. The van der Waals surface area contributed by atoms with Gasteiger partial charge in [-0.05, 0) is 24.7 Å². The van der Waals surface area contributed by atoms with E-state index in [9.17, 15) is 4.79 Å². The summed E-state index contributed by atoms with van der Waals surface area (Å²) in [5.74, 6) is 1.34. The summed E-state index contributed by atoms with van der Waals surface area (Å²) in [7, 11) is 0. The van der Waals surface area contributed by atoms with Gasteiger partial charge in [-0.1, -0.05) is 55.5 Å². The van der Waals surface area contributed by atoms with Crippen LogP contribution in [0.5, 0.6) is 11.5 Å². The van der Waals surface area contributed by atoms with Crippen molar-refractivity contribution < 1.29 is 14.3 Å². The summed E-state index contributed by atoms with van der Waals surface area (Å²) in [5.41, 5.74) is 1.80. The first-order valence-corrected chi connectivity index (χ1v) is 11.0. The largest absolute Gasteiger partial charge is 0.454 e. The lowest BCUT2D eigenvalue weighted by Gasteiger charge is -2.23. The molecule has 2 aromatic carbocycles. The molecular weight excluding hydrogens is 398 g/mol. The molecule has 30 heavy (non-hydrogen) atoms. The molecule has 0 fully saturated rings. The van der Waals surface area contributed by atoms with Crippen molar-refractivity contribution in [1.29, 1.82) is 0 Å². The van der Waals surface area contributed by atoms with E-state index in [-0.39, 0.29) is 12.7 Å². The zero-order valence-corrected chi connectivity index (χ0v) is 18.0. The minimum atomic E-state index is -0.0786. The fourth-order valence-electron chi connectivity index (χ4n) is 3.32. The van der Waals surface area contributed by atoms with Gasteiger partial charge in [-0.2, -0.15) is 0 Å². The maximum absolute atomic E-state index is 13.1. The number of ether oxygens (including phenoxy) is 2. The number of anilines is 1. The summed E-state index contributed by atoms with van der Waals surface area (Å²) in [6.45, 7) is 7.74. The standard InChI is InChI=1S/C23H25N3O3S/c1-3-25(4-2)12-13-26(22(27)11-10-17-8-6-5-7-9-17)23-24-18-14-19-20(29-16-28-19)15-21(18)30-23/h5-11,14-15H,3-4,12-13,16H2,1-2H3/b11-10+. The Morgan fingerprint density at radius 2 is 1.83 bits per heavy atom. The van der Waals surface area contributed by atoms with Gasteiger partial charge in [0.15, 0.2) is 16.6 Å². The van der Waals surface area contributed by atoms with Gasteiger partial charge in [-0.15, -0.1) is 0 Å². The van der Waals surface area contributed by atoms with E-state index in [4.69, 9.17) is 14.5 Å². The van der Waals surface area contributed by atoms with E-state index in [1.54, 1.807) is 11.0 Å². The number of carbonyl (C=O) groups excluding carboxylic acids is 1. The number of carbonyl (C=O) groups is 1. The van der Waals surface area contributed by atoms with Crippen LogP contribution in [0.3, 0.4) is 0 Å². The first-order chi connectivity index (χ1) is 14.7. The highest BCUT2D eigenvalue weighted by atomic mass is 32.1. The number of hydrogen-bond acceptors (Lipinski definition) is 6. The predicted molar refractivity (Wildman–Crippen MR) is 121 cm³/mol. The van der Waals surface area contributed by atoms with Gasteiger partial charge in [-0.3, -0.25) is 9.69 Å². The summed E-state index contributed by atoms with van der Waals surface area (Å²) < 4.78 is 11.9. The van der Waals surface area contributed by atoms with Gasteiger partial charge in [0.25, 0.3) is 5.91 Å². The van der Waals surface area contributed by atoms with Crippen LogP contribution in [-0.4, -0.2) is 48.8 Å². The Morgan fingerprint density at radius 1 is 1.10 bits per heavy atom. The molecule has 6 nitrogen and oxygen atoms in total. The first kappa shape index (κ1) is 20.4. The minimum absolute atomic E-state index is 0.0786. The Balaban J connectivity index is 1.61. The lowest BCUT2D eigenvalue weighted by atomic mass is 10.2. The number of likely N-dealkylation sites (N-methyl/N-ethyl adjacent to an activating group) is 1. The second kappa shape index (κ2) is 9.28. The van der Waals surface area contributed by atoms with Crippen LogP contribution in [0, 0.1) is 0 Å². The Kier molecular flexibility index (Phi) is 6.30. The minimum Gasteiger partial charge on any atom is -0.454 e. The van der Waals surface area contributed by atoms with Crippen molar-refractivity contribution in [3.8, 4) is 11.5 Å². The van der Waals surface area contributed by atoms with Gasteiger partial charge in [0.1, 0.15) is 0 Å². The van der Waals surface area contributed by atoms with Crippen molar-refractivity contribution in [2.24, 2.45) is 0 Å². The number of aromatic nitrogens is 1. The monoisotopic (exact) mass is 423 g/mol. The van der Waals surface area contributed by atoms with E-state index < -0.39 is 0 Å². The molecule has 1 aliphatic heterocycles. The molecule has 0 aliphatic carbocycles. The lowest BCUT2D eigenvalue weighted by molar-refractivity contribution is -0.114. The molecule has 1 aliphatic rings. The second-order valence-electron chi connectivity index (χ2n) is 6.93. The van der Waals surface area contributed by atoms with Gasteiger partial charge in [0.05, 0.1) is 10.2 Å². The Morgan fingerprint density at radius 3 is 2.57 bits per heavy atom. The molecule has 7 heteroatoms. The second-order valence-corrected chi connectivity index (χ2v) is 7.94. The van der Waals surface area contributed by atoms with E-state index in [0.717, 1.165) is 41.2 Å². The van der Waals surface area contributed by atoms with Crippen molar-refractivity contribution in [2.75, 3.05) is 37.9 Å².